The van der Waals surface area contributed by atoms with E-state index in [1.165, 1.54) is 12.0 Å². The Morgan fingerprint density at radius 1 is 1.42 bits per heavy atom. The third-order valence-corrected chi connectivity index (χ3v) is 2.91. The Labute approximate surface area is 71.2 Å². The van der Waals surface area contributed by atoms with Crippen LogP contribution in [0.4, 0.5) is 5.69 Å². The number of hydrogen-bond acceptors (Lipinski definition) is 2. The smallest absolute Gasteiger partial charge is 0.117 e. The van der Waals surface area contributed by atoms with Crippen LogP contribution in [0, 0.1) is 5.92 Å². The van der Waals surface area contributed by atoms with Crippen LogP contribution in [-0.4, -0.2) is 11.7 Å². The first-order valence-electron chi connectivity index (χ1n) is 4.41. The van der Waals surface area contributed by atoms with Gasteiger partial charge in [0, 0.05) is 18.3 Å². The van der Waals surface area contributed by atoms with Gasteiger partial charge in [0.15, 0.2) is 0 Å². The molecule has 0 spiro atoms. The Kier molecular flexibility index (Phi) is 1.03. The van der Waals surface area contributed by atoms with Gasteiger partial charge < -0.3 is 10.4 Å². The zero-order chi connectivity index (χ0) is 8.13. The Morgan fingerprint density at radius 2 is 2.33 bits per heavy atom. The molecule has 0 amide bonds. The number of phenols is 1. The second-order valence-corrected chi connectivity index (χ2v) is 3.75. The molecule has 1 fully saturated rings. The third-order valence-electron chi connectivity index (χ3n) is 2.91. The van der Waals surface area contributed by atoms with Crippen molar-refractivity contribution >= 4 is 5.69 Å². The molecular weight excluding hydrogens is 150 g/mol. The van der Waals surface area contributed by atoms with Gasteiger partial charge in [-0.1, -0.05) is 6.07 Å². The summed E-state index contributed by atoms with van der Waals surface area (Å²) in [6.45, 7) is 1.08. The van der Waals surface area contributed by atoms with Gasteiger partial charge in [-0.05, 0) is 29.9 Å². The summed E-state index contributed by atoms with van der Waals surface area (Å²) in [4.78, 5) is 0. The molecule has 2 heteroatoms. The highest BCUT2D eigenvalue weighted by Gasteiger charge is 2.42. The Hall–Kier alpha value is -1.18. The maximum absolute atomic E-state index is 9.25. The van der Waals surface area contributed by atoms with E-state index in [9.17, 15) is 5.11 Å². The van der Waals surface area contributed by atoms with Crippen molar-refractivity contribution in [2.75, 3.05) is 11.9 Å². The van der Waals surface area contributed by atoms with Gasteiger partial charge in [0.2, 0.25) is 0 Å². The van der Waals surface area contributed by atoms with Crippen LogP contribution in [0.3, 0.4) is 0 Å². The van der Waals surface area contributed by atoms with Crippen molar-refractivity contribution in [1.82, 2.24) is 0 Å². The van der Waals surface area contributed by atoms with Crippen molar-refractivity contribution in [3.63, 3.8) is 0 Å². The molecule has 2 N–H and O–H groups in total. The number of rotatable bonds is 0. The first-order valence-corrected chi connectivity index (χ1v) is 4.41. The highest BCUT2D eigenvalue weighted by atomic mass is 16.3. The molecule has 0 aromatic heterocycles. The van der Waals surface area contributed by atoms with Gasteiger partial charge in [-0.15, -0.1) is 0 Å². The minimum absolute atomic E-state index is 0.361. The molecule has 2 atom stereocenters. The van der Waals surface area contributed by atoms with E-state index < -0.39 is 0 Å². The lowest BCUT2D eigenvalue weighted by Crippen LogP contribution is -2.11. The number of hydrogen-bond donors (Lipinski definition) is 2. The van der Waals surface area contributed by atoms with E-state index in [4.69, 9.17) is 0 Å². The average Bonchev–Trinajstić information content (AvgIpc) is 2.82. The number of fused-ring (bicyclic) bond motifs is 3. The molecule has 3 rings (SSSR count). The van der Waals surface area contributed by atoms with Gasteiger partial charge in [0.1, 0.15) is 5.75 Å². The monoisotopic (exact) mass is 161 g/mol. The SMILES string of the molecule is Oc1ccc2c(c1)NCC1CC21. The molecule has 1 aromatic carbocycles. The number of phenolic OH excluding ortho intramolecular Hbond substituents is 1. The Bertz CT molecular complexity index is 335. The average molecular weight is 161 g/mol. The number of anilines is 1. The van der Waals surface area contributed by atoms with E-state index in [-0.39, 0.29) is 0 Å². The van der Waals surface area contributed by atoms with E-state index in [0.717, 1.165) is 24.1 Å². The van der Waals surface area contributed by atoms with E-state index in [0.29, 0.717) is 5.75 Å². The molecule has 0 bridgehead atoms. The lowest BCUT2D eigenvalue weighted by molar-refractivity contribution is 0.475. The van der Waals surface area contributed by atoms with Crippen molar-refractivity contribution in [3.8, 4) is 5.75 Å². The van der Waals surface area contributed by atoms with Crippen LogP contribution in [0.1, 0.15) is 17.9 Å². The molecule has 62 valence electrons. The van der Waals surface area contributed by atoms with E-state index in [1.54, 1.807) is 6.07 Å². The molecule has 1 saturated carbocycles. The van der Waals surface area contributed by atoms with Gasteiger partial charge in [0.05, 0.1) is 0 Å². The number of nitrogens with one attached hydrogen (secondary N) is 1. The molecule has 1 aliphatic carbocycles. The molecule has 12 heavy (non-hydrogen) atoms. The van der Waals surface area contributed by atoms with Crippen LogP contribution < -0.4 is 5.32 Å². The van der Waals surface area contributed by atoms with Gasteiger partial charge in [-0.3, -0.25) is 0 Å². The summed E-state index contributed by atoms with van der Waals surface area (Å²) in [7, 11) is 0. The second kappa shape index (κ2) is 1.94. The van der Waals surface area contributed by atoms with Crippen molar-refractivity contribution in [2.24, 2.45) is 5.92 Å². The van der Waals surface area contributed by atoms with Crippen molar-refractivity contribution in [2.45, 2.75) is 12.3 Å². The number of aromatic hydroxyl groups is 1. The van der Waals surface area contributed by atoms with Crippen molar-refractivity contribution in [1.29, 1.82) is 0 Å². The van der Waals surface area contributed by atoms with Crippen molar-refractivity contribution in [3.05, 3.63) is 23.8 Å². The van der Waals surface area contributed by atoms with Gasteiger partial charge in [-0.25, -0.2) is 0 Å². The fourth-order valence-electron chi connectivity index (χ4n) is 2.12. The molecule has 2 nitrogen and oxygen atoms in total. The Balaban J connectivity index is 2.12. The predicted octanol–water partition coefficient (Wildman–Crippen LogP) is 1.92. The van der Waals surface area contributed by atoms with Crippen LogP contribution in [0.25, 0.3) is 0 Å². The summed E-state index contributed by atoms with van der Waals surface area (Å²) in [5.41, 5.74) is 2.53. The van der Waals surface area contributed by atoms with Gasteiger partial charge in [-0.2, -0.15) is 0 Å². The topological polar surface area (TPSA) is 32.3 Å². The molecule has 1 aromatic rings. The van der Waals surface area contributed by atoms with Crippen LogP contribution in [0.15, 0.2) is 18.2 Å². The maximum Gasteiger partial charge on any atom is 0.117 e. The zero-order valence-corrected chi connectivity index (χ0v) is 6.75. The standard InChI is InChI=1S/C10H11NO/c12-7-1-2-8-9-3-6(9)5-11-10(8)4-7/h1-2,4,6,9,11-12H,3,5H2. The zero-order valence-electron chi connectivity index (χ0n) is 6.75. The lowest BCUT2D eigenvalue weighted by Gasteiger charge is -2.16. The van der Waals surface area contributed by atoms with Gasteiger partial charge in [0.25, 0.3) is 0 Å². The lowest BCUT2D eigenvalue weighted by atomic mass is 10.0. The summed E-state index contributed by atoms with van der Waals surface area (Å²) in [5.74, 6) is 2.00. The minimum atomic E-state index is 0.361. The highest BCUT2D eigenvalue weighted by molar-refractivity contribution is 5.60. The molecular formula is C10H11NO. The third kappa shape index (κ3) is 0.750. The van der Waals surface area contributed by atoms with Gasteiger partial charge >= 0.3 is 0 Å². The van der Waals surface area contributed by atoms with E-state index >= 15 is 0 Å². The van der Waals surface area contributed by atoms with Crippen LogP contribution >= 0.6 is 0 Å². The van der Waals surface area contributed by atoms with E-state index in [1.807, 2.05) is 12.1 Å². The summed E-state index contributed by atoms with van der Waals surface area (Å²) in [6, 6.07) is 5.65. The number of benzene rings is 1. The summed E-state index contributed by atoms with van der Waals surface area (Å²) < 4.78 is 0. The summed E-state index contributed by atoms with van der Waals surface area (Å²) in [5, 5.41) is 12.6. The van der Waals surface area contributed by atoms with Crippen LogP contribution in [0.2, 0.25) is 0 Å². The largest absolute Gasteiger partial charge is 0.508 e. The fourth-order valence-corrected chi connectivity index (χ4v) is 2.12. The van der Waals surface area contributed by atoms with Crippen molar-refractivity contribution < 1.29 is 5.11 Å². The molecule has 1 heterocycles. The second-order valence-electron chi connectivity index (χ2n) is 3.75. The van der Waals surface area contributed by atoms with E-state index in [2.05, 4.69) is 5.32 Å². The molecule has 1 aliphatic heterocycles. The minimum Gasteiger partial charge on any atom is -0.508 e. The normalized spacial score (nSPS) is 30.0. The fraction of sp³-hybridized carbons (Fsp3) is 0.400. The molecule has 0 radical (unpaired) electrons. The molecule has 2 aliphatic rings. The summed E-state index contributed by atoms with van der Waals surface area (Å²) in [6.07, 6.45) is 1.32. The van der Waals surface area contributed by atoms with Crippen LogP contribution in [-0.2, 0) is 0 Å². The highest BCUT2D eigenvalue weighted by Crippen LogP contribution is 2.53. The summed E-state index contributed by atoms with van der Waals surface area (Å²) >= 11 is 0. The molecule has 2 unspecified atom stereocenters. The Morgan fingerprint density at radius 3 is 3.25 bits per heavy atom. The van der Waals surface area contributed by atoms with Crippen LogP contribution in [0.5, 0.6) is 5.75 Å². The first-order chi connectivity index (χ1) is 5.84. The quantitative estimate of drug-likeness (QED) is 0.609. The predicted molar refractivity (Wildman–Crippen MR) is 47.4 cm³/mol. The maximum atomic E-state index is 9.25. The first kappa shape index (κ1) is 6.35. The molecule has 0 saturated heterocycles.